The van der Waals surface area contributed by atoms with E-state index in [-0.39, 0.29) is 17.6 Å². The van der Waals surface area contributed by atoms with Crippen LogP contribution < -0.4 is 5.73 Å². The predicted octanol–water partition coefficient (Wildman–Crippen LogP) is 2.49. The molecule has 0 spiro atoms. The van der Waals surface area contributed by atoms with Crippen LogP contribution in [0.15, 0.2) is 47.6 Å². The molecular formula is C17H17ClN2O3. The summed E-state index contributed by atoms with van der Waals surface area (Å²) in [5, 5.41) is 16.5. The fraction of sp³-hybridized carbons (Fsp3) is 0.294. The Labute approximate surface area is 138 Å². The number of amidine groups is 1. The van der Waals surface area contributed by atoms with Crippen LogP contribution in [0.5, 0.6) is 0 Å². The first-order valence-electron chi connectivity index (χ1n) is 7.33. The molecule has 0 radical (unpaired) electrons. The lowest BCUT2D eigenvalue weighted by atomic mass is 9.67. The maximum absolute atomic E-state index is 11.0. The highest BCUT2D eigenvalue weighted by atomic mass is 35.5. The monoisotopic (exact) mass is 332 g/mol. The normalized spacial score (nSPS) is 24.3. The van der Waals surface area contributed by atoms with Crippen LogP contribution in [0, 0.1) is 5.92 Å². The van der Waals surface area contributed by atoms with Gasteiger partial charge < -0.3 is 15.7 Å². The molecule has 0 heterocycles. The van der Waals surface area contributed by atoms with Crippen molar-refractivity contribution in [1.82, 2.24) is 0 Å². The fourth-order valence-corrected chi connectivity index (χ4v) is 2.93. The van der Waals surface area contributed by atoms with Crippen LogP contribution in [-0.4, -0.2) is 22.8 Å². The molecular weight excluding hydrogens is 316 g/mol. The molecule has 6 heteroatoms. The van der Waals surface area contributed by atoms with Crippen molar-refractivity contribution in [1.29, 1.82) is 0 Å². The van der Waals surface area contributed by atoms with Gasteiger partial charge >= 0.3 is 5.97 Å². The molecule has 0 bridgehead atoms. The maximum atomic E-state index is 11.0. The molecule has 1 aliphatic rings. The molecule has 1 saturated carbocycles. The third-order valence-corrected chi connectivity index (χ3v) is 4.45. The van der Waals surface area contributed by atoms with Gasteiger partial charge in [-0.05, 0) is 35.2 Å². The Morgan fingerprint density at radius 3 is 2.70 bits per heavy atom. The zero-order chi connectivity index (χ0) is 16.4. The van der Waals surface area contributed by atoms with Gasteiger partial charge in [0.15, 0.2) is 0 Å². The van der Waals surface area contributed by atoms with Gasteiger partial charge in [-0.2, -0.15) is 0 Å². The number of hydrogen-bond acceptors (Lipinski definition) is 4. The number of hydrogen-bond donors (Lipinski definition) is 2. The number of nitrogens with two attached hydrogens (primary N) is 1. The lowest BCUT2D eigenvalue weighted by Crippen LogP contribution is -2.47. The van der Waals surface area contributed by atoms with Crippen molar-refractivity contribution in [2.24, 2.45) is 16.8 Å². The molecule has 0 saturated heterocycles. The molecule has 2 aromatic carbocycles. The number of rotatable bonds is 4. The van der Waals surface area contributed by atoms with Crippen molar-refractivity contribution >= 4 is 34.2 Å². The van der Waals surface area contributed by atoms with E-state index in [0.717, 1.165) is 16.3 Å². The van der Waals surface area contributed by atoms with Crippen molar-refractivity contribution in [3.63, 3.8) is 0 Å². The van der Waals surface area contributed by atoms with Crippen LogP contribution in [-0.2, 0) is 15.2 Å². The number of oxime groups is 1. The van der Waals surface area contributed by atoms with Crippen LogP contribution in [0.3, 0.4) is 0 Å². The Morgan fingerprint density at radius 2 is 2.00 bits per heavy atom. The highest BCUT2D eigenvalue weighted by Crippen LogP contribution is 2.46. The second kappa shape index (κ2) is 6.18. The average molecular weight is 333 g/mol. The van der Waals surface area contributed by atoms with E-state index in [9.17, 15) is 9.90 Å². The van der Waals surface area contributed by atoms with Gasteiger partial charge in [-0.25, -0.2) is 4.79 Å². The zero-order valence-corrected chi connectivity index (χ0v) is 13.2. The summed E-state index contributed by atoms with van der Waals surface area (Å²) in [5.74, 6) is -0.843. The van der Waals surface area contributed by atoms with Gasteiger partial charge in [0.2, 0.25) is 0 Å². The molecule has 0 aliphatic heterocycles. The second-order valence-corrected chi connectivity index (χ2v) is 6.08. The predicted molar refractivity (Wildman–Crippen MR) is 89.0 cm³/mol. The van der Waals surface area contributed by atoms with E-state index >= 15 is 0 Å². The first-order valence-corrected chi connectivity index (χ1v) is 7.86. The third kappa shape index (κ3) is 3.16. The number of carbonyl (C=O) groups is 1. The molecule has 0 aromatic heterocycles. The first-order chi connectivity index (χ1) is 11.0. The third-order valence-electron chi connectivity index (χ3n) is 4.24. The van der Waals surface area contributed by atoms with Gasteiger partial charge in [0.25, 0.3) is 0 Å². The Hall–Kier alpha value is -2.11. The van der Waals surface area contributed by atoms with Gasteiger partial charge in [-0.15, -0.1) is 11.6 Å². The molecule has 2 aromatic rings. The quantitative estimate of drug-likeness (QED) is 0.296. The molecule has 5 nitrogen and oxygen atoms in total. The van der Waals surface area contributed by atoms with E-state index < -0.39 is 11.6 Å². The number of halogens is 1. The lowest BCUT2D eigenvalue weighted by Gasteiger charge is -2.43. The number of alkyl halides is 1. The maximum Gasteiger partial charge on any atom is 0.349 e. The van der Waals surface area contributed by atoms with Gasteiger partial charge in [-0.3, -0.25) is 0 Å². The Balaban J connectivity index is 1.71. The van der Waals surface area contributed by atoms with E-state index in [4.69, 9.17) is 17.3 Å². The Bertz CT molecular complexity index is 769. The summed E-state index contributed by atoms with van der Waals surface area (Å²) < 4.78 is 0. The number of aliphatic hydroxyl groups is 1. The van der Waals surface area contributed by atoms with Crippen molar-refractivity contribution < 1.29 is 14.7 Å². The van der Waals surface area contributed by atoms with E-state index in [1.165, 1.54) is 0 Å². The summed E-state index contributed by atoms with van der Waals surface area (Å²) in [5.41, 5.74) is 5.72. The van der Waals surface area contributed by atoms with Crippen LogP contribution >= 0.6 is 11.6 Å². The summed E-state index contributed by atoms with van der Waals surface area (Å²) in [6.07, 6.45) is 0.887. The summed E-state index contributed by atoms with van der Waals surface area (Å²) in [6, 6.07) is 13.9. The minimum atomic E-state index is -0.925. The average Bonchev–Trinajstić information content (AvgIpc) is 2.56. The Kier molecular flexibility index (Phi) is 4.24. The summed E-state index contributed by atoms with van der Waals surface area (Å²) in [6.45, 7) is 0. The van der Waals surface area contributed by atoms with Crippen LogP contribution in [0.4, 0.5) is 0 Å². The van der Waals surface area contributed by atoms with E-state index in [0.29, 0.717) is 12.8 Å². The molecule has 0 atom stereocenters. The first kappa shape index (κ1) is 15.8. The minimum Gasteiger partial charge on any atom is -0.385 e. The van der Waals surface area contributed by atoms with Gasteiger partial charge in [0.05, 0.1) is 5.60 Å². The number of benzene rings is 2. The van der Waals surface area contributed by atoms with Crippen molar-refractivity contribution in [2.75, 3.05) is 5.88 Å². The van der Waals surface area contributed by atoms with E-state index in [1.54, 1.807) is 0 Å². The standard InChI is InChI=1S/C17H17ClN2O3/c18-10-15(21)23-20-16(19)13-8-17(22,9-13)14-6-5-11-3-1-2-4-12(11)7-14/h1-7,13,22H,8-10H2,(H2,19,20). The number of nitrogens with zero attached hydrogens (tertiary/aromatic N) is 1. The molecule has 0 amide bonds. The molecule has 3 rings (SSSR count). The van der Waals surface area contributed by atoms with Crippen LogP contribution in [0.1, 0.15) is 18.4 Å². The van der Waals surface area contributed by atoms with Crippen LogP contribution in [0.25, 0.3) is 10.8 Å². The van der Waals surface area contributed by atoms with E-state index in [1.807, 2.05) is 42.5 Å². The summed E-state index contributed by atoms with van der Waals surface area (Å²) >= 11 is 5.31. The number of fused-ring (bicyclic) bond motifs is 1. The highest BCUT2D eigenvalue weighted by Gasteiger charge is 2.46. The van der Waals surface area contributed by atoms with Crippen molar-refractivity contribution in [3.05, 3.63) is 48.0 Å². The van der Waals surface area contributed by atoms with E-state index in [2.05, 4.69) is 9.99 Å². The van der Waals surface area contributed by atoms with Gasteiger partial charge in [0, 0.05) is 5.92 Å². The molecule has 23 heavy (non-hydrogen) atoms. The largest absolute Gasteiger partial charge is 0.385 e. The summed E-state index contributed by atoms with van der Waals surface area (Å²) in [4.78, 5) is 15.5. The fourth-order valence-electron chi connectivity index (χ4n) is 2.88. The van der Waals surface area contributed by atoms with Crippen molar-refractivity contribution in [3.8, 4) is 0 Å². The SMILES string of the molecule is N/C(=N\OC(=O)CCl)C1CC(O)(c2ccc3ccccc3c2)C1. The topological polar surface area (TPSA) is 84.9 Å². The van der Waals surface area contributed by atoms with Crippen molar-refractivity contribution in [2.45, 2.75) is 18.4 Å². The molecule has 1 fully saturated rings. The number of carbonyl (C=O) groups excluding carboxylic acids is 1. The molecule has 1 aliphatic carbocycles. The molecule has 120 valence electrons. The molecule has 0 unspecified atom stereocenters. The molecule has 3 N–H and O–H groups in total. The zero-order valence-electron chi connectivity index (χ0n) is 12.4. The van der Waals surface area contributed by atoms with Gasteiger partial charge in [-0.1, -0.05) is 41.6 Å². The lowest BCUT2D eigenvalue weighted by molar-refractivity contribution is -0.140. The van der Waals surface area contributed by atoms with Gasteiger partial charge in [0.1, 0.15) is 11.7 Å². The summed E-state index contributed by atoms with van der Waals surface area (Å²) in [7, 11) is 0. The smallest absolute Gasteiger partial charge is 0.349 e. The second-order valence-electron chi connectivity index (χ2n) is 5.81. The highest BCUT2D eigenvalue weighted by molar-refractivity contribution is 6.26. The minimum absolute atomic E-state index is 0.116. The Morgan fingerprint density at radius 1 is 1.30 bits per heavy atom. The van der Waals surface area contributed by atoms with Crippen LogP contribution in [0.2, 0.25) is 0 Å².